The molecule has 1 aliphatic heterocycles. The normalized spacial score (nSPS) is 19.6. The van der Waals surface area contributed by atoms with Crippen molar-refractivity contribution in [3.05, 3.63) is 48.0 Å². The van der Waals surface area contributed by atoms with E-state index in [1.165, 1.54) is 5.56 Å². The number of nitrogens with one attached hydrogen (secondary N) is 2. The minimum Gasteiger partial charge on any atom is -0.392 e. The molecule has 2 amide bonds. The monoisotopic (exact) mass is 303 g/mol. The minimum atomic E-state index is -0.212. The Kier molecular flexibility index (Phi) is 5.98. The van der Waals surface area contributed by atoms with Crippen LogP contribution in [0.4, 0.5) is 4.79 Å². The summed E-state index contributed by atoms with van der Waals surface area (Å²) in [6, 6.07) is 7.83. The predicted molar refractivity (Wildman–Crippen MR) is 87.4 cm³/mol. The third-order valence-corrected chi connectivity index (χ3v) is 3.91. The van der Waals surface area contributed by atoms with Crippen molar-refractivity contribution in [3.8, 4) is 0 Å². The van der Waals surface area contributed by atoms with E-state index in [1.807, 2.05) is 25.1 Å². The van der Waals surface area contributed by atoms with E-state index in [0.717, 1.165) is 31.6 Å². The zero-order valence-electron chi connectivity index (χ0n) is 13.1. The Labute approximate surface area is 132 Å². The topological polar surface area (TPSA) is 64.6 Å². The lowest BCUT2D eigenvalue weighted by atomic mass is 10.1. The third-order valence-electron chi connectivity index (χ3n) is 3.91. The smallest absolute Gasteiger partial charge is 0.315 e. The summed E-state index contributed by atoms with van der Waals surface area (Å²) in [6.07, 6.45) is 2.31. The van der Waals surface area contributed by atoms with Crippen molar-refractivity contribution in [3.63, 3.8) is 0 Å². The molecule has 3 N–H and O–H groups in total. The lowest BCUT2D eigenvalue weighted by Crippen LogP contribution is -2.39. The van der Waals surface area contributed by atoms with Gasteiger partial charge < -0.3 is 15.7 Å². The first-order chi connectivity index (χ1) is 10.6. The number of carbonyl (C=O) groups excluding carboxylic acids is 1. The Hall–Kier alpha value is -1.85. The van der Waals surface area contributed by atoms with Crippen LogP contribution in [0.25, 0.3) is 0 Å². The third kappa shape index (κ3) is 4.86. The summed E-state index contributed by atoms with van der Waals surface area (Å²) in [5.41, 5.74) is 2.29. The Morgan fingerprint density at radius 3 is 2.86 bits per heavy atom. The zero-order chi connectivity index (χ0) is 15.9. The summed E-state index contributed by atoms with van der Waals surface area (Å²) in [5.74, 6) is 0. The van der Waals surface area contributed by atoms with Gasteiger partial charge in [-0.3, -0.25) is 4.90 Å². The number of carbonyl (C=O) groups is 1. The molecule has 1 saturated heterocycles. The van der Waals surface area contributed by atoms with Crippen LogP contribution < -0.4 is 10.6 Å². The van der Waals surface area contributed by atoms with Crippen LogP contribution in [0, 0.1) is 0 Å². The SMILES string of the molecule is C=C[C@H](C)NC(=O)NCc1ccccc1CN1CC[C@@H](O)C1. The van der Waals surface area contributed by atoms with Gasteiger partial charge >= 0.3 is 6.03 Å². The van der Waals surface area contributed by atoms with Gasteiger partial charge in [-0.15, -0.1) is 6.58 Å². The van der Waals surface area contributed by atoms with Crippen LogP contribution in [0.3, 0.4) is 0 Å². The number of nitrogens with zero attached hydrogens (tertiary/aromatic N) is 1. The average molecular weight is 303 g/mol. The summed E-state index contributed by atoms with van der Waals surface area (Å²) in [6.45, 7) is 8.45. The molecule has 2 atom stereocenters. The Balaban J connectivity index is 1.90. The number of hydrogen-bond donors (Lipinski definition) is 3. The van der Waals surface area contributed by atoms with Crippen molar-refractivity contribution in [2.24, 2.45) is 0 Å². The maximum absolute atomic E-state index is 11.8. The van der Waals surface area contributed by atoms with Gasteiger partial charge in [-0.25, -0.2) is 4.79 Å². The van der Waals surface area contributed by atoms with Crippen LogP contribution in [0.15, 0.2) is 36.9 Å². The molecule has 0 spiro atoms. The molecule has 0 bridgehead atoms. The first-order valence-electron chi connectivity index (χ1n) is 7.72. The molecular weight excluding hydrogens is 278 g/mol. The molecule has 1 heterocycles. The molecule has 0 radical (unpaired) electrons. The predicted octanol–water partition coefficient (Wildman–Crippen LogP) is 1.63. The van der Waals surface area contributed by atoms with E-state index >= 15 is 0 Å². The van der Waals surface area contributed by atoms with E-state index in [0.29, 0.717) is 6.54 Å². The van der Waals surface area contributed by atoms with Gasteiger partial charge in [0.2, 0.25) is 0 Å². The summed E-state index contributed by atoms with van der Waals surface area (Å²) in [4.78, 5) is 14.0. The summed E-state index contributed by atoms with van der Waals surface area (Å²) in [5, 5.41) is 15.3. The fourth-order valence-corrected chi connectivity index (χ4v) is 2.57. The molecule has 1 aromatic carbocycles. The Bertz CT molecular complexity index is 518. The van der Waals surface area contributed by atoms with Gasteiger partial charge in [-0.2, -0.15) is 0 Å². The summed E-state index contributed by atoms with van der Waals surface area (Å²) in [7, 11) is 0. The second-order valence-corrected chi connectivity index (χ2v) is 5.80. The van der Waals surface area contributed by atoms with Gasteiger partial charge in [0.1, 0.15) is 0 Å². The van der Waals surface area contributed by atoms with Gasteiger partial charge in [-0.05, 0) is 24.5 Å². The summed E-state index contributed by atoms with van der Waals surface area (Å²) >= 11 is 0. The highest BCUT2D eigenvalue weighted by molar-refractivity contribution is 5.74. The van der Waals surface area contributed by atoms with E-state index < -0.39 is 0 Å². The highest BCUT2D eigenvalue weighted by Crippen LogP contribution is 2.16. The molecule has 22 heavy (non-hydrogen) atoms. The number of rotatable bonds is 6. The van der Waals surface area contributed by atoms with Crippen LogP contribution in [0.5, 0.6) is 0 Å². The van der Waals surface area contributed by atoms with Crippen molar-refractivity contribution in [2.75, 3.05) is 13.1 Å². The van der Waals surface area contributed by atoms with Gasteiger partial charge in [0.25, 0.3) is 0 Å². The molecular formula is C17H25N3O2. The van der Waals surface area contributed by atoms with Crippen molar-refractivity contribution in [1.29, 1.82) is 0 Å². The number of β-amino-alcohol motifs (C(OH)–C–C–N with tert-alkyl or cyclic N) is 1. The summed E-state index contributed by atoms with van der Waals surface area (Å²) < 4.78 is 0. The van der Waals surface area contributed by atoms with Gasteiger partial charge in [0.15, 0.2) is 0 Å². The van der Waals surface area contributed by atoms with Gasteiger partial charge in [-0.1, -0.05) is 30.3 Å². The largest absolute Gasteiger partial charge is 0.392 e. The molecule has 1 aromatic rings. The minimum absolute atomic E-state index is 0.0543. The van der Waals surface area contributed by atoms with Crippen molar-refractivity contribution >= 4 is 6.03 Å². The quantitative estimate of drug-likeness (QED) is 0.700. The number of aliphatic hydroxyl groups is 1. The highest BCUT2D eigenvalue weighted by atomic mass is 16.3. The average Bonchev–Trinajstić information content (AvgIpc) is 2.91. The first kappa shape index (κ1) is 16.5. The fraction of sp³-hybridized carbons (Fsp3) is 0.471. The lowest BCUT2D eigenvalue weighted by molar-refractivity contribution is 0.174. The number of likely N-dealkylation sites (tertiary alicyclic amines) is 1. The maximum Gasteiger partial charge on any atom is 0.315 e. The molecule has 5 nitrogen and oxygen atoms in total. The zero-order valence-corrected chi connectivity index (χ0v) is 13.1. The molecule has 0 aliphatic carbocycles. The lowest BCUT2D eigenvalue weighted by Gasteiger charge is -2.18. The molecule has 5 heteroatoms. The van der Waals surface area contributed by atoms with E-state index in [2.05, 4.69) is 28.2 Å². The molecule has 2 rings (SSSR count). The van der Waals surface area contributed by atoms with Crippen LogP contribution in [-0.2, 0) is 13.1 Å². The molecule has 1 aliphatic rings. The number of benzene rings is 1. The van der Waals surface area contributed by atoms with Crippen LogP contribution in [0.2, 0.25) is 0 Å². The number of aliphatic hydroxyl groups excluding tert-OH is 1. The fourth-order valence-electron chi connectivity index (χ4n) is 2.57. The molecule has 1 fully saturated rings. The molecule has 0 saturated carbocycles. The number of amides is 2. The van der Waals surface area contributed by atoms with E-state index in [4.69, 9.17) is 0 Å². The second kappa shape index (κ2) is 7.96. The van der Waals surface area contributed by atoms with E-state index in [1.54, 1.807) is 6.08 Å². The van der Waals surface area contributed by atoms with Gasteiger partial charge in [0.05, 0.1) is 6.10 Å². The first-order valence-corrected chi connectivity index (χ1v) is 7.72. The van der Waals surface area contributed by atoms with Gasteiger partial charge in [0, 0.05) is 32.2 Å². The van der Waals surface area contributed by atoms with Crippen molar-refractivity contribution in [1.82, 2.24) is 15.5 Å². The maximum atomic E-state index is 11.8. The van der Waals surface area contributed by atoms with Crippen molar-refractivity contribution in [2.45, 2.75) is 38.6 Å². The van der Waals surface area contributed by atoms with Crippen LogP contribution in [-0.4, -0.2) is 41.3 Å². The second-order valence-electron chi connectivity index (χ2n) is 5.80. The van der Waals surface area contributed by atoms with Crippen molar-refractivity contribution < 1.29 is 9.90 Å². The van der Waals surface area contributed by atoms with E-state index in [9.17, 15) is 9.90 Å². The standard InChI is InChI=1S/C17H25N3O2/c1-3-13(2)19-17(22)18-10-14-6-4-5-7-15(14)11-20-9-8-16(21)12-20/h3-7,13,16,21H,1,8-12H2,2H3,(H2,18,19,22)/t13-,16+/m0/s1. The number of urea groups is 1. The highest BCUT2D eigenvalue weighted by Gasteiger charge is 2.20. The van der Waals surface area contributed by atoms with Crippen LogP contribution in [0.1, 0.15) is 24.5 Å². The van der Waals surface area contributed by atoms with Crippen LogP contribution >= 0.6 is 0 Å². The van der Waals surface area contributed by atoms with E-state index in [-0.39, 0.29) is 18.2 Å². The number of hydrogen-bond acceptors (Lipinski definition) is 3. The molecule has 0 unspecified atom stereocenters. The Morgan fingerprint density at radius 2 is 2.23 bits per heavy atom. The molecule has 0 aromatic heterocycles. The molecule has 120 valence electrons. The Morgan fingerprint density at radius 1 is 1.50 bits per heavy atom.